The Bertz CT molecular complexity index is 1060. The van der Waals surface area contributed by atoms with E-state index in [9.17, 15) is 4.79 Å². The minimum atomic E-state index is 0.0179. The van der Waals surface area contributed by atoms with Crippen LogP contribution in [0, 0.1) is 0 Å². The topological polar surface area (TPSA) is 60.2 Å². The maximum atomic E-state index is 13.1. The van der Waals surface area contributed by atoms with Gasteiger partial charge in [0.25, 0.3) is 0 Å². The molecular weight excluding hydrogens is 372 g/mol. The molecule has 0 atom stereocenters. The largest absolute Gasteiger partial charge is 0.497 e. The van der Waals surface area contributed by atoms with Gasteiger partial charge in [0.1, 0.15) is 5.75 Å². The van der Waals surface area contributed by atoms with Gasteiger partial charge in [-0.2, -0.15) is 5.10 Å². The lowest BCUT2D eigenvalue weighted by atomic mass is 10.1. The van der Waals surface area contributed by atoms with Crippen LogP contribution in [0.25, 0.3) is 10.2 Å². The molecule has 2 aromatic heterocycles. The Morgan fingerprint density at radius 3 is 2.79 bits per heavy atom. The summed E-state index contributed by atoms with van der Waals surface area (Å²) in [6.07, 6.45) is 3.96. The molecule has 1 amide bonds. The maximum Gasteiger partial charge on any atom is 0.233 e. The number of hydrogen-bond acceptors (Lipinski definition) is 5. The highest BCUT2D eigenvalue weighted by molar-refractivity contribution is 7.22. The highest BCUT2D eigenvalue weighted by atomic mass is 32.1. The van der Waals surface area contributed by atoms with E-state index in [1.807, 2.05) is 65.5 Å². The number of fused-ring (bicyclic) bond motifs is 1. The molecule has 0 saturated heterocycles. The normalized spacial score (nSPS) is 10.9. The second-order valence-corrected chi connectivity index (χ2v) is 7.32. The molecular formula is C21H20N4O2S. The SMILES string of the molecule is COc1ccc2nc(N(CCn3cccn3)C(=O)Cc3ccccc3)sc2c1. The van der Waals surface area contributed by atoms with Gasteiger partial charge < -0.3 is 4.74 Å². The molecule has 4 rings (SSSR count). The van der Waals surface area contributed by atoms with Crippen LogP contribution >= 0.6 is 11.3 Å². The number of nitrogens with zero attached hydrogens (tertiary/aromatic N) is 4. The third kappa shape index (κ3) is 4.04. The van der Waals surface area contributed by atoms with Gasteiger partial charge in [-0.15, -0.1) is 0 Å². The van der Waals surface area contributed by atoms with Gasteiger partial charge in [-0.05, 0) is 29.8 Å². The fraction of sp³-hybridized carbons (Fsp3) is 0.190. The average molecular weight is 392 g/mol. The Morgan fingerprint density at radius 1 is 1.18 bits per heavy atom. The van der Waals surface area contributed by atoms with Gasteiger partial charge in [-0.25, -0.2) is 4.98 Å². The lowest BCUT2D eigenvalue weighted by Crippen LogP contribution is -2.35. The molecule has 0 N–H and O–H groups in total. The molecule has 0 bridgehead atoms. The molecule has 0 aliphatic carbocycles. The summed E-state index contributed by atoms with van der Waals surface area (Å²) in [7, 11) is 1.64. The van der Waals surface area contributed by atoms with Gasteiger partial charge in [0.15, 0.2) is 5.13 Å². The van der Waals surface area contributed by atoms with Gasteiger partial charge in [0, 0.05) is 18.9 Å². The molecule has 0 radical (unpaired) electrons. The molecule has 6 nitrogen and oxygen atoms in total. The third-order valence-electron chi connectivity index (χ3n) is 4.43. The van der Waals surface area contributed by atoms with E-state index in [2.05, 4.69) is 10.1 Å². The smallest absolute Gasteiger partial charge is 0.233 e. The van der Waals surface area contributed by atoms with E-state index < -0.39 is 0 Å². The van der Waals surface area contributed by atoms with Crippen molar-refractivity contribution < 1.29 is 9.53 Å². The van der Waals surface area contributed by atoms with E-state index in [1.54, 1.807) is 18.2 Å². The molecule has 4 aromatic rings. The zero-order valence-corrected chi connectivity index (χ0v) is 16.3. The summed E-state index contributed by atoms with van der Waals surface area (Å²) in [4.78, 5) is 19.6. The number of carbonyl (C=O) groups excluding carboxylic acids is 1. The van der Waals surface area contributed by atoms with E-state index in [0.29, 0.717) is 24.6 Å². The van der Waals surface area contributed by atoms with Crippen LogP contribution in [0.1, 0.15) is 5.56 Å². The van der Waals surface area contributed by atoms with Crippen molar-refractivity contribution in [2.24, 2.45) is 0 Å². The van der Waals surface area contributed by atoms with Gasteiger partial charge >= 0.3 is 0 Å². The number of anilines is 1. The molecule has 2 aromatic carbocycles. The molecule has 7 heteroatoms. The van der Waals surface area contributed by atoms with Crippen LogP contribution in [-0.2, 0) is 17.8 Å². The summed E-state index contributed by atoms with van der Waals surface area (Å²) in [5.74, 6) is 0.797. The fourth-order valence-electron chi connectivity index (χ4n) is 2.96. The van der Waals surface area contributed by atoms with E-state index >= 15 is 0 Å². The Kier molecular flexibility index (Phi) is 5.34. The number of thiazole rings is 1. The van der Waals surface area contributed by atoms with Crippen molar-refractivity contribution in [1.29, 1.82) is 0 Å². The summed E-state index contributed by atoms with van der Waals surface area (Å²) in [5.41, 5.74) is 1.84. The first-order chi connectivity index (χ1) is 13.7. The molecule has 0 unspecified atom stereocenters. The first kappa shape index (κ1) is 18.2. The Balaban J connectivity index is 1.62. The molecule has 0 aliphatic rings. The predicted octanol–water partition coefficient (Wildman–Crippen LogP) is 3.78. The molecule has 0 spiro atoms. The maximum absolute atomic E-state index is 13.1. The molecule has 2 heterocycles. The van der Waals surface area contributed by atoms with Crippen LogP contribution in [0.5, 0.6) is 5.75 Å². The number of aromatic nitrogens is 3. The van der Waals surface area contributed by atoms with Crippen molar-refractivity contribution in [3.63, 3.8) is 0 Å². The minimum absolute atomic E-state index is 0.0179. The summed E-state index contributed by atoms with van der Waals surface area (Å²) in [6.45, 7) is 1.11. The Morgan fingerprint density at radius 2 is 2.04 bits per heavy atom. The van der Waals surface area contributed by atoms with Gasteiger partial charge in [0.05, 0.1) is 30.3 Å². The van der Waals surface area contributed by atoms with Crippen LogP contribution in [0.2, 0.25) is 0 Å². The number of ether oxygens (including phenoxy) is 1. The van der Waals surface area contributed by atoms with E-state index in [0.717, 1.165) is 21.5 Å². The van der Waals surface area contributed by atoms with Gasteiger partial charge in [-0.1, -0.05) is 41.7 Å². The van der Waals surface area contributed by atoms with Crippen molar-refractivity contribution >= 4 is 32.6 Å². The van der Waals surface area contributed by atoms with Crippen molar-refractivity contribution in [2.75, 3.05) is 18.6 Å². The standard InChI is InChI=1S/C21H20N4O2S/c1-27-17-8-9-18-19(15-17)28-21(23-18)25(13-12-24-11-5-10-22-24)20(26)14-16-6-3-2-4-7-16/h2-11,15H,12-14H2,1H3. The van der Waals surface area contributed by atoms with Crippen molar-refractivity contribution in [2.45, 2.75) is 13.0 Å². The van der Waals surface area contributed by atoms with Gasteiger partial charge in [0.2, 0.25) is 5.91 Å². The zero-order valence-electron chi connectivity index (χ0n) is 15.5. The lowest BCUT2D eigenvalue weighted by Gasteiger charge is -2.20. The monoisotopic (exact) mass is 392 g/mol. The van der Waals surface area contributed by atoms with Crippen LogP contribution < -0.4 is 9.64 Å². The highest BCUT2D eigenvalue weighted by Gasteiger charge is 2.20. The lowest BCUT2D eigenvalue weighted by molar-refractivity contribution is -0.118. The van der Waals surface area contributed by atoms with Gasteiger partial charge in [-0.3, -0.25) is 14.4 Å². The van der Waals surface area contributed by atoms with Crippen molar-refractivity contribution in [1.82, 2.24) is 14.8 Å². The quantitative estimate of drug-likeness (QED) is 0.480. The summed E-state index contributed by atoms with van der Waals surface area (Å²) in [6, 6.07) is 17.4. The summed E-state index contributed by atoms with van der Waals surface area (Å²) >= 11 is 1.50. The molecule has 0 aliphatic heterocycles. The van der Waals surface area contributed by atoms with E-state index in [-0.39, 0.29) is 5.91 Å². The minimum Gasteiger partial charge on any atom is -0.497 e. The first-order valence-electron chi connectivity index (χ1n) is 8.99. The second kappa shape index (κ2) is 8.22. The number of benzene rings is 2. The highest BCUT2D eigenvalue weighted by Crippen LogP contribution is 2.31. The third-order valence-corrected chi connectivity index (χ3v) is 5.47. The van der Waals surface area contributed by atoms with E-state index in [4.69, 9.17) is 4.74 Å². The second-order valence-electron chi connectivity index (χ2n) is 6.31. The van der Waals surface area contributed by atoms with Crippen LogP contribution in [-0.4, -0.2) is 34.3 Å². The molecule has 28 heavy (non-hydrogen) atoms. The number of amides is 1. The van der Waals surface area contributed by atoms with Crippen LogP contribution in [0.4, 0.5) is 5.13 Å². The number of carbonyl (C=O) groups is 1. The zero-order chi connectivity index (χ0) is 19.3. The number of methoxy groups -OCH3 is 1. The molecule has 142 valence electrons. The Labute approximate surface area is 167 Å². The van der Waals surface area contributed by atoms with Crippen molar-refractivity contribution in [3.8, 4) is 5.75 Å². The van der Waals surface area contributed by atoms with Crippen molar-refractivity contribution in [3.05, 3.63) is 72.6 Å². The van der Waals surface area contributed by atoms with E-state index in [1.165, 1.54) is 11.3 Å². The molecule has 0 saturated carbocycles. The van der Waals surface area contributed by atoms with Crippen LogP contribution in [0.3, 0.4) is 0 Å². The average Bonchev–Trinajstić information content (AvgIpc) is 3.38. The summed E-state index contributed by atoms with van der Waals surface area (Å²) in [5, 5.41) is 4.93. The Hall–Kier alpha value is -3.19. The fourth-order valence-corrected chi connectivity index (χ4v) is 4.00. The number of hydrogen-bond donors (Lipinski definition) is 0. The first-order valence-corrected chi connectivity index (χ1v) is 9.81. The molecule has 0 fully saturated rings. The summed E-state index contributed by atoms with van der Waals surface area (Å²) < 4.78 is 8.11. The number of rotatable bonds is 7. The van der Waals surface area contributed by atoms with Crippen LogP contribution in [0.15, 0.2) is 67.0 Å². The predicted molar refractivity (Wildman–Crippen MR) is 111 cm³/mol.